The van der Waals surface area contributed by atoms with E-state index in [9.17, 15) is 8.42 Å². The van der Waals surface area contributed by atoms with Gasteiger partial charge in [-0.3, -0.25) is 4.98 Å². The molecule has 1 aliphatic rings. The zero-order valence-corrected chi connectivity index (χ0v) is 14.9. The van der Waals surface area contributed by atoms with Crippen LogP contribution in [0.2, 0.25) is 0 Å². The first-order chi connectivity index (χ1) is 12.6. The molecule has 0 saturated carbocycles. The smallest absolute Gasteiger partial charge is 0.206 e. The van der Waals surface area contributed by atoms with Crippen LogP contribution in [0.15, 0.2) is 88.8 Å². The van der Waals surface area contributed by atoms with E-state index >= 15 is 0 Å². The van der Waals surface area contributed by atoms with E-state index in [4.69, 9.17) is 0 Å². The summed E-state index contributed by atoms with van der Waals surface area (Å²) in [6.07, 6.45) is 5.90. The Labute approximate surface area is 153 Å². The van der Waals surface area contributed by atoms with Gasteiger partial charge in [0.05, 0.1) is 21.2 Å². The second kappa shape index (κ2) is 6.77. The summed E-state index contributed by atoms with van der Waals surface area (Å²) in [4.78, 5) is 7.24. The molecule has 0 aliphatic carbocycles. The minimum atomic E-state index is -3.47. The van der Waals surface area contributed by atoms with Crippen LogP contribution < -0.4 is 4.90 Å². The molecule has 26 heavy (non-hydrogen) atoms. The monoisotopic (exact) mass is 362 g/mol. The fourth-order valence-electron chi connectivity index (χ4n) is 3.07. The van der Waals surface area contributed by atoms with E-state index in [-0.39, 0.29) is 0 Å². The van der Waals surface area contributed by atoms with Crippen LogP contribution in [0.25, 0.3) is 6.08 Å². The van der Waals surface area contributed by atoms with Crippen molar-refractivity contribution in [3.8, 4) is 0 Å². The van der Waals surface area contributed by atoms with Gasteiger partial charge in [-0.15, -0.1) is 0 Å². The average molecular weight is 362 g/mol. The summed E-state index contributed by atoms with van der Waals surface area (Å²) in [6.45, 7) is 1.51. The van der Waals surface area contributed by atoms with Crippen LogP contribution >= 0.6 is 0 Å². The fraction of sp³-hybridized carbons (Fsp3) is 0.0952. The van der Waals surface area contributed by atoms with Crippen molar-refractivity contribution in [1.29, 1.82) is 0 Å². The van der Waals surface area contributed by atoms with Gasteiger partial charge in [0.25, 0.3) is 0 Å². The van der Waals surface area contributed by atoms with Crippen molar-refractivity contribution in [2.45, 2.75) is 16.3 Å². The number of aromatic nitrogens is 1. The molecule has 0 amide bonds. The van der Waals surface area contributed by atoms with Gasteiger partial charge in [0.15, 0.2) is 0 Å². The summed E-state index contributed by atoms with van der Waals surface area (Å²) >= 11 is 0. The lowest BCUT2D eigenvalue weighted by molar-refractivity contribution is 0.596. The Morgan fingerprint density at radius 3 is 2.38 bits per heavy atom. The third kappa shape index (κ3) is 3.13. The fourth-order valence-corrected chi connectivity index (χ4v) is 4.36. The predicted molar refractivity (Wildman–Crippen MR) is 103 cm³/mol. The molecular weight excluding hydrogens is 344 g/mol. The molecule has 4 rings (SSSR count). The van der Waals surface area contributed by atoms with Crippen molar-refractivity contribution < 1.29 is 8.42 Å². The lowest BCUT2D eigenvalue weighted by Crippen LogP contribution is -2.25. The minimum Gasteiger partial charge on any atom is -0.362 e. The molecule has 0 radical (unpaired) electrons. The summed E-state index contributed by atoms with van der Waals surface area (Å²) in [5.41, 5.74) is 3.11. The molecule has 3 aromatic rings. The maximum absolute atomic E-state index is 12.7. The predicted octanol–water partition coefficient (Wildman–Crippen LogP) is 3.95. The van der Waals surface area contributed by atoms with E-state index in [0.717, 1.165) is 23.5 Å². The number of sulfone groups is 1. The van der Waals surface area contributed by atoms with Crippen LogP contribution in [0.3, 0.4) is 0 Å². The lowest BCUT2D eigenvalue weighted by atomic mass is 10.1. The van der Waals surface area contributed by atoms with Gasteiger partial charge in [0.1, 0.15) is 0 Å². The molecule has 0 atom stereocenters. The van der Waals surface area contributed by atoms with E-state index in [2.05, 4.69) is 22.0 Å². The Balaban J connectivity index is 1.57. The first kappa shape index (κ1) is 16.5. The second-order valence-electron chi connectivity index (χ2n) is 6.15. The first-order valence-electron chi connectivity index (χ1n) is 8.40. The summed E-state index contributed by atoms with van der Waals surface area (Å²) in [6, 6.07) is 19.6. The Kier molecular flexibility index (Phi) is 4.31. The standard InChI is InChI=1S/C21H18N2O2S/c24-26(25,18-6-2-1-3-7-18)19-12-10-17(11-13-19)16-23-15-5-8-20-21(23)9-4-14-22-20/h1-14H,15-16H2. The molecule has 1 aromatic heterocycles. The van der Waals surface area contributed by atoms with Crippen LogP contribution in [0.5, 0.6) is 0 Å². The number of rotatable bonds is 4. The molecule has 0 N–H and O–H groups in total. The molecule has 2 aromatic carbocycles. The van der Waals surface area contributed by atoms with E-state index < -0.39 is 9.84 Å². The van der Waals surface area contributed by atoms with E-state index in [1.807, 2.05) is 30.3 Å². The lowest BCUT2D eigenvalue weighted by Gasteiger charge is -2.27. The second-order valence-corrected chi connectivity index (χ2v) is 8.10. The number of anilines is 1. The van der Waals surface area contributed by atoms with Crippen LogP contribution in [0.4, 0.5) is 5.69 Å². The Hall–Kier alpha value is -2.92. The van der Waals surface area contributed by atoms with Crippen LogP contribution in [0, 0.1) is 0 Å². The van der Waals surface area contributed by atoms with E-state index in [1.165, 1.54) is 0 Å². The largest absolute Gasteiger partial charge is 0.362 e. The average Bonchev–Trinajstić information content (AvgIpc) is 2.69. The summed E-state index contributed by atoms with van der Waals surface area (Å²) in [5.74, 6) is 0. The van der Waals surface area contributed by atoms with Crippen molar-refractivity contribution in [1.82, 2.24) is 4.98 Å². The van der Waals surface area contributed by atoms with Crippen LogP contribution in [-0.4, -0.2) is 19.9 Å². The number of hydrogen-bond donors (Lipinski definition) is 0. The number of benzene rings is 2. The van der Waals surface area contributed by atoms with Gasteiger partial charge in [-0.1, -0.05) is 36.4 Å². The number of fused-ring (bicyclic) bond motifs is 1. The highest BCUT2D eigenvalue weighted by molar-refractivity contribution is 7.91. The third-order valence-electron chi connectivity index (χ3n) is 4.42. The SMILES string of the molecule is O=S(=O)(c1ccccc1)c1ccc(CN2CC=Cc3ncccc32)cc1. The van der Waals surface area contributed by atoms with Crippen molar-refractivity contribution in [3.63, 3.8) is 0 Å². The topological polar surface area (TPSA) is 50.3 Å². The maximum Gasteiger partial charge on any atom is 0.206 e. The van der Waals surface area contributed by atoms with Crippen LogP contribution in [0.1, 0.15) is 11.3 Å². The quantitative estimate of drug-likeness (QED) is 0.705. The molecule has 0 unspecified atom stereocenters. The molecule has 130 valence electrons. The zero-order chi connectivity index (χ0) is 18.0. The summed E-state index contributed by atoms with van der Waals surface area (Å²) in [7, 11) is -3.47. The Morgan fingerprint density at radius 2 is 1.62 bits per heavy atom. The molecule has 4 nitrogen and oxygen atoms in total. The molecule has 1 aliphatic heterocycles. The van der Waals surface area contributed by atoms with E-state index in [0.29, 0.717) is 16.3 Å². The molecule has 0 fully saturated rings. The van der Waals surface area contributed by atoms with E-state index in [1.54, 1.807) is 42.6 Å². The molecule has 0 spiro atoms. The number of pyridine rings is 1. The molecular formula is C21H18N2O2S. The van der Waals surface area contributed by atoms with Crippen molar-refractivity contribution in [2.75, 3.05) is 11.4 Å². The highest BCUT2D eigenvalue weighted by Crippen LogP contribution is 2.26. The Bertz CT molecular complexity index is 1040. The minimum absolute atomic E-state index is 0.313. The molecule has 5 heteroatoms. The third-order valence-corrected chi connectivity index (χ3v) is 6.20. The molecule has 0 bridgehead atoms. The Morgan fingerprint density at radius 1 is 0.885 bits per heavy atom. The normalized spacial score (nSPS) is 13.5. The highest BCUT2D eigenvalue weighted by Gasteiger charge is 2.18. The van der Waals surface area contributed by atoms with Crippen molar-refractivity contribution in [2.24, 2.45) is 0 Å². The zero-order valence-electron chi connectivity index (χ0n) is 14.1. The van der Waals surface area contributed by atoms with Gasteiger partial charge in [0.2, 0.25) is 9.84 Å². The van der Waals surface area contributed by atoms with Gasteiger partial charge in [-0.05, 0) is 48.0 Å². The molecule has 0 saturated heterocycles. The van der Waals surface area contributed by atoms with Crippen LogP contribution in [-0.2, 0) is 16.4 Å². The van der Waals surface area contributed by atoms with Gasteiger partial charge >= 0.3 is 0 Å². The number of hydrogen-bond acceptors (Lipinski definition) is 4. The first-order valence-corrected chi connectivity index (χ1v) is 9.88. The van der Waals surface area contributed by atoms with Crippen molar-refractivity contribution in [3.05, 3.63) is 90.3 Å². The molecule has 2 heterocycles. The summed E-state index contributed by atoms with van der Waals surface area (Å²) < 4.78 is 25.3. The highest BCUT2D eigenvalue weighted by atomic mass is 32.2. The maximum atomic E-state index is 12.7. The van der Waals surface area contributed by atoms with Gasteiger partial charge < -0.3 is 4.90 Å². The summed E-state index contributed by atoms with van der Waals surface area (Å²) in [5, 5.41) is 0. The van der Waals surface area contributed by atoms with Gasteiger partial charge in [-0.2, -0.15) is 0 Å². The van der Waals surface area contributed by atoms with Crippen molar-refractivity contribution >= 4 is 21.6 Å². The number of nitrogens with zero attached hydrogens (tertiary/aromatic N) is 2. The van der Waals surface area contributed by atoms with Gasteiger partial charge in [0, 0.05) is 19.3 Å². The van der Waals surface area contributed by atoms with Gasteiger partial charge in [-0.25, -0.2) is 8.42 Å².